The molecule has 4 nitrogen and oxygen atoms in total. The highest BCUT2D eigenvalue weighted by Crippen LogP contribution is 2.23. The number of nitrogens with one attached hydrogen (secondary N) is 1. The molecule has 0 radical (unpaired) electrons. The SMILES string of the molecule is O=C(CSc1ncnc2ccccc12)NCCc1ccc(Cl)cc1. The first-order valence-corrected chi connectivity index (χ1v) is 8.92. The Morgan fingerprint density at radius 1 is 1.08 bits per heavy atom. The highest BCUT2D eigenvalue weighted by atomic mass is 35.5. The van der Waals surface area contributed by atoms with Crippen LogP contribution in [0.5, 0.6) is 0 Å². The van der Waals surface area contributed by atoms with Crippen molar-refractivity contribution in [2.24, 2.45) is 0 Å². The molecule has 0 fully saturated rings. The number of fused-ring (bicyclic) bond motifs is 1. The monoisotopic (exact) mass is 357 g/mol. The van der Waals surface area contributed by atoms with Crippen LogP contribution in [-0.2, 0) is 11.2 Å². The molecule has 0 saturated heterocycles. The van der Waals surface area contributed by atoms with Crippen LogP contribution in [0.4, 0.5) is 0 Å². The maximum Gasteiger partial charge on any atom is 0.230 e. The molecule has 24 heavy (non-hydrogen) atoms. The van der Waals surface area contributed by atoms with Gasteiger partial charge in [0.15, 0.2) is 0 Å². The minimum absolute atomic E-state index is 0.00310. The van der Waals surface area contributed by atoms with Gasteiger partial charge in [-0.15, -0.1) is 0 Å². The van der Waals surface area contributed by atoms with Crippen molar-refractivity contribution in [2.75, 3.05) is 12.3 Å². The van der Waals surface area contributed by atoms with Gasteiger partial charge in [0.05, 0.1) is 11.3 Å². The van der Waals surface area contributed by atoms with Gasteiger partial charge in [0.2, 0.25) is 5.91 Å². The minimum Gasteiger partial charge on any atom is -0.355 e. The molecule has 0 aliphatic heterocycles. The van der Waals surface area contributed by atoms with E-state index in [4.69, 9.17) is 11.6 Å². The number of rotatable bonds is 6. The molecule has 3 aromatic rings. The predicted molar refractivity (Wildman–Crippen MR) is 98.4 cm³/mol. The number of hydrogen-bond acceptors (Lipinski definition) is 4. The first-order chi connectivity index (χ1) is 11.7. The second kappa shape index (κ2) is 8.13. The highest BCUT2D eigenvalue weighted by molar-refractivity contribution is 8.00. The number of carbonyl (C=O) groups excluding carboxylic acids is 1. The summed E-state index contributed by atoms with van der Waals surface area (Å²) in [6.07, 6.45) is 2.31. The van der Waals surface area contributed by atoms with Crippen LogP contribution in [0.25, 0.3) is 10.9 Å². The Kier molecular flexibility index (Phi) is 5.67. The maximum absolute atomic E-state index is 12.0. The van der Waals surface area contributed by atoms with Crippen molar-refractivity contribution in [2.45, 2.75) is 11.4 Å². The maximum atomic E-state index is 12.0. The van der Waals surface area contributed by atoms with E-state index in [-0.39, 0.29) is 5.91 Å². The summed E-state index contributed by atoms with van der Waals surface area (Å²) in [6, 6.07) is 15.4. The average Bonchev–Trinajstić information content (AvgIpc) is 2.61. The number of amides is 1. The quantitative estimate of drug-likeness (QED) is 0.539. The normalized spacial score (nSPS) is 10.7. The van der Waals surface area contributed by atoms with Crippen molar-refractivity contribution in [3.63, 3.8) is 0 Å². The van der Waals surface area contributed by atoms with Crippen LogP contribution in [0.3, 0.4) is 0 Å². The van der Waals surface area contributed by atoms with E-state index >= 15 is 0 Å². The summed E-state index contributed by atoms with van der Waals surface area (Å²) in [5.74, 6) is 0.332. The van der Waals surface area contributed by atoms with E-state index < -0.39 is 0 Å². The highest BCUT2D eigenvalue weighted by Gasteiger charge is 2.07. The molecule has 1 heterocycles. The van der Waals surface area contributed by atoms with Crippen molar-refractivity contribution in [3.8, 4) is 0 Å². The summed E-state index contributed by atoms with van der Waals surface area (Å²) in [7, 11) is 0. The smallest absolute Gasteiger partial charge is 0.230 e. The van der Waals surface area contributed by atoms with E-state index in [1.54, 1.807) is 0 Å². The Morgan fingerprint density at radius 2 is 1.88 bits per heavy atom. The topological polar surface area (TPSA) is 54.9 Å². The Bertz CT molecular complexity index is 834. The van der Waals surface area contributed by atoms with E-state index in [9.17, 15) is 4.79 Å². The van der Waals surface area contributed by atoms with E-state index in [0.717, 1.165) is 32.9 Å². The number of nitrogens with zero attached hydrogens (tertiary/aromatic N) is 2. The molecule has 122 valence electrons. The number of aromatic nitrogens is 2. The van der Waals surface area contributed by atoms with Gasteiger partial charge in [-0.25, -0.2) is 9.97 Å². The van der Waals surface area contributed by atoms with Crippen LogP contribution >= 0.6 is 23.4 Å². The van der Waals surface area contributed by atoms with Crippen LogP contribution in [-0.4, -0.2) is 28.2 Å². The fourth-order valence-corrected chi connectivity index (χ4v) is 3.22. The Hall–Kier alpha value is -2.11. The molecular weight excluding hydrogens is 342 g/mol. The third-order valence-corrected chi connectivity index (χ3v) is 4.75. The first-order valence-electron chi connectivity index (χ1n) is 7.56. The van der Waals surface area contributed by atoms with Gasteiger partial charge in [-0.2, -0.15) is 0 Å². The largest absolute Gasteiger partial charge is 0.355 e. The molecule has 0 aliphatic rings. The van der Waals surface area contributed by atoms with Gasteiger partial charge < -0.3 is 5.32 Å². The van der Waals surface area contributed by atoms with Crippen LogP contribution in [0.2, 0.25) is 5.02 Å². The zero-order valence-electron chi connectivity index (χ0n) is 12.9. The lowest BCUT2D eigenvalue weighted by atomic mass is 10.1. The fourth-order valence-electron chi connectivity index (χ4n) is 2.28. The van der Waals surface area contributed by atoms with Gasteiger partial charge in [-0.1, -0.05) is 53.7 Å². The number of para-hydroxylation sites is 1. The number of halogens is 1. The van der Waals surface area contributed by atoms with Crippen molar-refractivity contribution < 1.29 is 4.79 Å². The van der Waals surface area contributed by atoms with E-state index in [0.29, 0.717) is 12.3 Å². The molecule has 2 aromatic carbocycles. The van der Waals surface area contributed by atoms with Gasteiger partial charge >= 0.3 is 0 Å². The molecule has 1 aromatic heterocycles. The van der Waals surface area contributed by atoms with Gasteiger partial charge in [-0.3, -0.25) is 4.79 Å². The van der Waals surface area contributed by atoms with E-state index in [2.05, 4.69) is 15.3 Å². The molecular formula is C18H16ClN3OS. The number of hydrogen-bond donors (Lipinski definition) is 1. The molecule has 0 saturated carbocycles. The van der Waals surface area contributed by atoms with Crippen LogP contribution in [0, 0.1) is 0 Å². The lowest BCUT2D eigenvalue weighted by Gasteiger charge is -2.06. The molecule has 1 N–H and O–H groups in total. The van der Waals surface area contributed by atoms with Gasteiger partial charge in [0.25, 0.3) is 0 Å². The summed E-state index contributed by atoms with van der Waals surface area (Å²) < 4.78 is 0. The number of thioether (sulfide) groups is 1. The molecule has 6 heteroatoms. The fraction of sp³-hybridized carbons (Fsp3) is 0.167. The van der Waals surface area contributed by atoms with Gasteiger partial charge in [0.1, 0.15) is 11.4 Å². The van der Waals surface area contributed by atoms with E-state index in [1.165, 1.54) is 18.1 Å². The van der Waals surface area contributed by atoms with Crippen LogP contribution in [0.1, 0.15) is 5.56 Å². The number of carbonyl (C=O) groups is 1. The Morgan fingerprint density at radius 3 is 2.71 bits per heavy atom. The molecule has 3 rings (SSSR count). The molecule has 0 bridgehead atoms. The summed E-state index contributed by atoms with van der Waals surface area (Å²) in [5.41, 5.74) is 2.03. The van der Waals surface area contributed by atoms with Gasteiger partial charge in [0, 0.05) is 17.0 Å². The zero-order chi connectivity index (χ0) is 16.8. The molecule has 0 atom stereocenters. The molecule has 0 unspecified atom stereocenters. The summed E-state index contributed by atoms with van der Waals surface area (Å²) in [4.78, 5) is 20.5. The summed E-state index contributed by atoms with van der Waals surface area (Å²) in [5, 5.41) is 5.45. The third kappa shape index (κ3) is 4.46. The second-order valence-corrected chi connectivity index (χ2v) is 6.61. The van der Waals surface area contributed by atoms with E-state index in [1.807, 2.05) is 48.5 Å². The summed E-state index contributed by atoms with van der Waals surface area (Å²) in [6.45, 7) is 0.603. The lowest BCUT2D eigenvalue weighted by molar-refractivity contribution is -0.118. The Balaban J connectivity index is 1.49. The van der Waals surface area contributed by atoms with Crippen LogP contribution < -0.4 is 5.32 Å². The van der Waals surface area contributed by atoms with Crippen molar-refractivity contribution in [1.82, 2.24) is 15.3 Å². The lowest BCUT2D eigenvalue weighted by Crippen LogP contribution is -2.27. The van der Waals surface area contributed by atoms with Crippen molar-refractivity contribution >= 4 is 40.2 Å². The molecule has 0 spiro atoms. The predicted octanol–water partition coefficient (Wildman–Crippen LogP) is 3.73. The zero-order valence-corrected chi connectivity index (χ0v) is 14.5. The first kappa shape index (κ1) is 16.7. The Labute approximate surface area is 149 Å². The average molecular weight is 358 g/mol. The molecule has 1 amide bonds. The third-order valence-electron chi connectivity index (χ3n) is 3.50. The van der Waals surface area contributed by atoms with Crippen molar-refractivity contribution in [1.29, 1.82) is 0 Å². The summed E-state index contributed by atoms with van der Waals surface area (Å²) >= 11 is 7.28. The second-order valence-electron chi connectivity index (χ2n) is 5.21. The van der Waals surface area contributed by atoms with Gasteiger partial charge in [-0.05, 0) is 30.2 Å². The van der Waals surface area contributed by atoms with Crippen LogP contribution in [0.15, 0.2) is 59.9 Å². The standard InChI is InChI=1S/C18H16ClN3OS/c19-14-7-5-13(6-8-14)9-10-20-17(23)11-24-18-15-3-1-2-4-16(15)21-12-22-18/h1-8,12H,9-11H2,(H,20,23). The van der Waals surface area contributed by atoms with Crippen molar-refractivity contribution in [3.05, 3.63) is 65.4 Å². The number of benzene rings is 2. The minimum atomic E-state index is -0.00310. The molecule has 0 aliphatic carbocycles.